The first-order valence-electron chi connectivity index (χ1n) is 11.9. The van der Waals surface area contributed by atoms with Crippen LogP contribution in [0.25, 0.3) is 0 Å². The molecule has 2 N–H and O–H groups in total. The van der Waals surface area contributed by atoms with E-state index in [0.717, 1.165) is 44.9 Å². The molecule has 0 aromatic carbocycles. The van der Waals surface area contributed by atoms with Crippen molar-refractivity contribution in [2.45, 2.75) is 121 Å². The average Bonchev–Trinajstić information content (AvgIpc) is 2.70. The van der Waals surface area contributed by atoms with Gasteiger partial charge < -0.3 is 15.1 Å². The quantitative estimate of drug-likeness (QED) is 0.289. The van der Waals surface area contributed by atoms with Crippen molar-refractivity contribution in [3.05, 3.63) is 0 Å². The first-order valence-corrected chi connectivity index (χ1v) is 11.9. The summed E-state index contributed by atoms with van der Waals surface area (Å²) in [7, 11) is 0. The van der Waals surface area contributed by atoms with Crippen LogP contribution in [0.1, 0.15) is 109 Å². The molecule has 1 heterocycles. The van der Waals surface area contributed by atoms with Gasteiger partial charge in [-0.1, -0.05) is 70.6 Å². The van der Waals surface area contributed by atoms with Gasteiger partial charge >= 0.3 is 12.1 Å². The van der Waals surface area contributed by atoms with Gasteiger partial charge in [-0.05, 0) is 12.8 Å². The topological polar surface area (TPSA) is 77.8 Å². The van der Waals surface area contributed by atoms with Crippen LogP contribution in [0.5, 0.6) is 0 Å². The van der Waals surface area contributed by atoms with Gasteiger partial charge in [0.2, 0.25) is 5.91 Å². The molecule has 0 atom stereocenters. The van der Waals surface area contributed by atoms with Crippen LogP contribution in [0.15, 0.2) is 0 Å². The van der Waals surface area contributed by atoms with Crippen molar-refractivity contribution in [2.24, 2.45) is 0 Å². The summed E-state index contributed by atoms with van der Waals surface area (Å²) in [6.07, 6.45) is 9.24. The smallest absolute Gasteiger partial charge is 0.417 e. The molecule has 0 aromatic heterocycles. The minimum Gasteiger partial charge on any atom is -0.481 e. The summed E-state index contributed by atoms with van der Waals surface area (Å²) in [5.74, 6) is -0.816. The summed E-state index contributed by atoms with van der Waals surface area (Å²) in [5, 5.41) is 18.2. The molecule has 31 heavy (non-hydrogen) atoms. The van der Waals surface area contributed by atoms with E-state index in [-0.39, 0.29) is 25.4 Å². The van der Waals surface area contributed by atoms with Gasteiger partial charge in [0.1, 0.15) is 0 Å². The van der Waals surface area contributed by atoms with Crippen molar-refractivity contribution in [3.8, 4) is 0 Å². The molecule has 8 heteroatoms. The van der Waals surface area contributed by atoms with E-state index in [1.165, 1.54) is 43.4 Å². The van der Waals surface area contributed by atoms with Crippen LogP contribution >= 0.6 is 0 Å². The van der Waals surface area contributed by atoms with Gasteiger partial charge in [-0.25, -0.2) is 0 Å². The molecule has 1 rings (SSSR count). The average molecular weight is 452 g/mol. The maximum Gasteiger partial charge on any atom is 0.417 e. The lowest BCUT2D eigenvalue weighted by molar-refractivity contribution is -0.272. The number of likely N-dealkylation sites (tertiary alicyclic amines) is 1. The van der Waals surface area contributed by atoms with Crippen molar-refractivity contribution in [2.75, 3.05) is 13.1 Å². The third-order valence-corrected chi connectivity index (χ3v) is 6.25. The standard InChI is InChI=1S/C23H40F3NO4/c24-23(25,26)22(31)16-18-27(19-17-22)20(28)14-12-10-8-6-4-2-1-3-5-7-9-11-13-15-21(29)30/h31H,1-19H2,(H,29,30). The summed E-state index contributed by atoms with van der Waals surface area (Å²) >= 11 is 0. The second-order valence-electron chi connectivity index (χ2n) is 8.90. The molecule has 0 unspecified atom stereocenters. The summed E-state index contributed by atoms with van der Waals surface area (Å²) in [6, 6.07) is 0. The van der Waals surface area contributed by atoms with Crippen molar-refractivity contribution >= 4 is 11.9 Å². The third-order valence-electron chi connectivity index (χ3n) is 6.25. The van der Waals surface area contributed by atoms with Crippen LogP contribution in [-0.2, 0) is 9.59 Å². The number of hydrogen-bond donors (Lipinski definition) is 2. The molecule has 1 amide bonds. The summed E-state index contributed by atoms with van der Waals surface area (Å²) in [6.45, 7) is -0.0612. The second kappa shape index (κ2) is 14.7. The zero-order valence-electron chi connectivity index (χ0n) is 18.7. The molecule has 0 saturated carbocycles. The number of piperidine rings is 1. The number of nitrogens with zero attached hydrogens (tertiary/aromatic N) is 1. The lowest BCUT2D eigenvalue weighted by Gasteiger charge is -2.39. The number of carbonyl (C=O) groups excluding carboxylic acids is 1. The number of unbranched alkanes of at least 4 members (excludes halogenated alkanes) is 12. The molecule has 1 fully saturated rings. The molecule has 1 saturated heterocycles. The fourth-order valence-corrected chi connectivity index (χ4v) is 4.06. The van der Waals surface area contributed by atoms with Crippen LogP contribution in [0.2, 0.25) is 0 Å². The van der Waals surface area contributed by atoms with Gasteiger partial charge in [0, 0.05) is 38.8 Å². The molecule has 1 aliphatic rings. The van der Waals surface area contributed by atoms with Gasteiger partial charge in [0.25, 0.3) is 0 Å². The lowest BCUT2D eigenvalue weighted by atomic mass is 9.90. The van der Waals surface area contributed by atoms with Crippen molar-refractivity contribution < 1.29 is 33.0 Å². The highest BCUT2D eigenvalue weighted by molar-refractivity contribution is 5.76. The Balaban J connectivity index is 1.89. The maximum atomic E-state index is 12.8. The fraction of sp³-hybridized carbons (Fsp3) is 0.913. The number of carbonyl (C=O) groups is 2. The first-order chi connectivity index (χ1) is 14.7. The maximum absolute atomic E-state index is 12.8. The summed E-state index contributed by atoms with van der Waals surface area (Å²) in [5.41, 5.74) is -2.65. The van der Waals surface area contributed by atoms with E-state index >= 15 is 0 Å². The summed E-state index contributed by atoms with van der Waals surface area (Å²) < 4.78 is 38.4. The van der Waals surface area contributed by atoms with Crippen molar-refractivity contribution in [1.29, 1.82) is 0 Å². The Morgan fingerprint density at radius 1 is 0.710 bits per heavy atom. The normalized spacial score (nSPS) is 16.5. The Kier molecular flexibility index (Phi) is 13.1. The Labute approximate surface area is 184 Å². The van der Waals surface area contributed by atoms with E-state index in [2.05, 4.69) is 0 Å². The highest BCUT2D eigenvalue weighted by Gasteiger charge is 2.54. The molecule has 0 aromatic rings. The molecular formula is C23H40F3NO4. The number of aliphatic carboxylic acids is 1. The van der Waals surface area contributed by atoms with Crippen LogP contribution in [0.4, 0.5) is 13.2 Å². The molecule has 0 bridgehead atoms. The van der Waals surface area contributed by atoms with Gasteiger partial charge in [0.15, 0.2) is 5.60 Å². The van der Waals surface area contributed by atoms with Gasteiger partial charge in [-0.3, -0.25) is 9.59 Å². The number of halogens is 3. The first kappa shape index (κ1) is 27.7. The predicted octanol–water partition coefficient (Wildman–Crippen LogP) is 5.84. The summed E-state index contributed by atoms with van der Waals surface area (Å²) in [4.78, 5) is 24.0. The van der Waals surface area contributed by atoms with Crippen molar-refractivity contribution in [1.82, 2.24) is 4.90 Å². The largest absolute Gasteiger partial charge is 0.481 e. The molecule has 182 valence electrons. The Morgan fingerprint density at radius 3 is 1.42 bits per heavy atom. The highest BCUT2D eigenvalue weighted by Crippen LogP contribution is 2.38. The minimum atomic E-state index is -4.63. The van der Waals surface area contributed by atoms with E-state index < -0.39 is 30.6 Å². The zero-order chi connectivity index (χ0) is 23.2. The molecule has 0 radical (unpaired) electrons. The van der Waals surface area contributed by atoms with Gasteiger partial charge in [-0.2, -0.15) is 13.2 Å². The zero-order valence-corrected chi connectivity index (χ0v) is 18.7. The Morgan fingerprint density at radius 2 is 1.06 bits per heavy atom. The molecule has 1 aliphatic heterocycles. The van der Waals surface area contributed by atoms with E-state index in [0.29, 0.717) is 6.42 Å². The number of alkyl halides is 3. The van der Waals surface area contributed by atoms with Gasteiger partial charge in [-0.15, -0.1) is 0 Å². The van der Waals surface area contributed by atoms with Crippen molar-refractivity contribution in [3.63, 3.8) is 0 Å². The highest BCUT2D eigenvalue weighted by atomic mass is 19.4. The number of carboxylic acids is 1. The number of aliphatic hydroxyl groups is 1. The Bertz CT molecular complexity index is 517. The van der Waals surface area contributed by atoms with E-state index in [1.807, 2.05) is 0 Å². The number of amides is 1. The van der Waals surface area contributed by atoms with Crippen LogP contribution in [0, 0.1) is 0 Å². The molecule has 0 spiro atoms. The lowest BCUT2D eigenvalue weighted by Crippen LogP contribution is -2.54. The Hall–Kier alpha value is -1.31. The van der Waals surface area contributed by atoms with Gasteiger partial charge in [0.05, 0.1) is 0 Å². The van der Waals surface area contributed by atoms with Crippen LogP contribution in [0.3, 0.4) is 0 Å². The van der Waals surface area contributed by atoms with E-state index in [4.69, 9.17) is 5.11 Å². The van der Waals surface area contributed by atoms with Crippen LogP contribution in [-0.4, -0.2) is 51.9 Å². The van der Waals surface area contributed by atoms with E-state index in [1.54, 1.807) is 0 Å². The minimum absolute atomic E-state index is 0.0306. The number of hydrogen-bond acceptors (Lipinski definition) is 3. The SMILES string of the molecule is O=C(O)CCCCCCCCCCCCCCCC(=O)N1CCC(O)(C(F)(F)F)CC1. The second-order valence-corrected chi connectivity index (χ2v) is 8.90. The predicted molar refractivity (Wildman–Crippen MR) is 114 cm³/mol. The number of rotatable bonds is 16. The molecule has 5 nitrogen and oxygen atoms in total. The molecule has 0 aliphatic carbocycles. The van der Waals surface area contributed by atoms with Crippen LogP contribution < -0.4 is 0 Å². The monoisotopic (exact) mass is 451 g/mol. The third kappa shape index (κ3) is 11.8. The number of carboxylic acid groups (broad SMARTS) is 1. The van der Waals surface area contributed by atoms with E-state index in [9.17, 15) is 27.9 Å². The fourth-order valence-electron chi connectivity index (χ4n) is 4.06. The molecular weight excluding hydrogens is 411 g/mol.